The predicted molar refractivity (Wildman–Crippen MR) is 154 cm³/mol. The van der Waals surface area contributed by atoms with E-state index < -0.39 is 61.6 Å². The third-order valence-corrected chi connectivity index (χ3v) is 7.95. The SMILES string of the molecule is CC(C)OC(=O)[C@@H](C)NP(=O)(OC[C@H]1O[C@@H](n2cnc3c(=O)[nH]c(/N=C/N(C)C)nc32)[C@@](F)(Cl)[C@@H]1O)Oc1ccccc1. The van der Waals surface area contributed by atoms with Crippen LogP contribution in [0.5, 0.6) is 5.75 Å². The molecule has 1 aromatic carbocycles. The van der Waals surface area contributed by atoms with Crippen molar-refractivity contribution in [2.45, 2.75) is 56.5 Å². The van der Waals surface area contributed by atoms with Gasteiger partial charge in [-0.05, 0) is 32.9 Å². The van der Waals surface area contributed by atoms with Crippen LogP contribution in [0.1, 0.15) is 27.0 Å². The molecule has 1 unspecified atom stereocenters. The molecule has 3 N–H and O–H groups in total. The second-order valence-electron chi connectivity index (χ2n) is 10.1. The molecule has 4 rings (SSSR count). The van der Waals surface area contributed by atoms with Crippen LogP contribution in [0.15, 0.2) is 46.4 Å². The van der Waals surface area contributed by atoms with Crippen molar-refractivity contribution < 1.29 is 37.4 Å². The van der Waals surface area contributed by atoms with Crippen LogP contribution in [0.25, 0.3) is 11.2 Å². The summed E-state index contributed by atoms with van der Waals surface area (Å²) in [4.78, 5) is 41.2. The van der Waals surface area contributed by atoms with Crippen molar-refractivity contribution in [2.24, 2.45) is 4.99 Å². The number of esters is 1. The number of aromatic amines is 1. The van der Waals surface area contributed by atoms with E-state index in [0.717, 1.165) is 10.9 Å². The van der Waals surface area contributed by atoms with Crippen LogP contribution in [0, 0.1) is 0 Å². The highest BCUT2D eigenvalue weighted by Gasteiger charge is 2.58. The number of ether oxygens (including phenoxy) is 2. The number of rotatable bonds is 12. The van der Waals surface area contributed by atoms with Gasteiger partial charge in [0, 0.05) is 14.1 Å². The van der Waals surface area contributed by atoms with Gasteiger partial charge in [-0.25, -0.2) is 18.9 Å². The van der Waals surface area contributed by atoms with E-state index in [1.165, 1.54) is 25.4 Å². The molecule has 3 heterocycles. The van der Waals surface area contributed by atoms with Crippen molar-refractivity contribution in [1.82, 2.24) is 29.5 Å². The third-order valence-electron chi connectivity index (χ3n) is 5.90. The zero-order chi connectivity index (χ0) is 31.5. The zero-order valence-electron chi connectivity index (χ0n) is 23.9. The monoisotopic (exact) mass is 643 g/mol. The Morgan fingerprint density at radius 2 is 2.07 bits per heavy atom. The summed E-state index contributed by atoms with van der Waals surface area (Å²) >= 11 is 6.13. The van der Waals surface area contributed by atoms with Gasteiger partial charge in [-0.1, -0.05) is 29.8 Å². The van der Waals surface area contributed by atoms with E-state index in [1.807, 2.05) is 0 Å². The lowest BCUT2D eigenvalue weighted by Crippen LogP contribution is -2.40. The van der Waals surface area contributed by atoms with E-state index in [2.05, 4.69) is 25.0 Å². The van der Waals surface area contributed by atoms with Gasteiger partial charge >= 0.3 is 13.7 Å². The maximum absolute atomic E-state index is 15.8. The summed E-state index contributed by atoms with van der Waals surface area (Å²) in [7, 11) is -0.946. The number of carbonyl (C=O) groups is 1. The molecule has 15 nitrogen and oxygen atoms in total. The minimum Gasteiger partial charge on any atom is -0.462 e. The standard InChI is InChI=1S/C25H32ClFN7O8P/c1-14(2)40-22(37)15(3)32-43(38,42-16-9-7-6-8-10-16)39-11-17-19(35)25(26,27)23(41-17)34-13-28-18-20(34)30-24(31-21(18)36)29-12-33(4)5/h6-10,12-15,17,19,23,35H,11H2,1-5H3,(H,32,38)(H,30,31,36)/b29-12+/t15-,17-,19-,23-,25-,43?/m1/s1. The smallest absolute Gasteiger partial charge is 0.459 e. The molecular weight excluding hydrogens is 612 g/mol. The Morgan fingerprint density at radius 3 is 2.72 bits per heavy atom. The molecule has 0 spiro atoms. The van der Waals surface area contributed by atoms with Gasteiger partial charge in [-0.3, -0.25) is 23.7 Å². The molecule has 0 aliphatic carbocycles. The van der Waals surface area contributed by atoms with E-state index in [0.29, 0.717) is 0 Å². The second-order valence-corrected chi connectivity index (χ2v) is 12.4. The van der Waals surface area contributed by atoms with Crippen LogP contribution >= 0.6 is 19.3 Å². The Morgan fingerprint density at radius 1 is 1.37 bits per heavy atom. The largest absolute Gasteiger partial charge is 0.462 e. The first-order valence-corrected chi connectivity index (χ1v) is 15.0. The van der Waals surface area contributed by atoms with E-state index in [4.69, 9.17) is 30.1 Å². The highest BCUT2D eigenvalue weighted by atomic mass is 35.5. The number of H-pyrrole nitrogens is 1. The number of hydrogen-bond acceptors (Lipinski definition) is 11. The van der Waals surface area contributed by atoms with Crippen molar-refractivity contribution in [3.05, 3.63) is 47.0 Å². The first-order valence-electron chi connectivity index (χ1n) is 13.1. The van der Waals surface area contributed by atoms with Crippen LogP contribution in [-0.4, -0.2) is 92.0 Å². The summed E-state index contributed by atoms with van der Waals surface area (Å²) in [6.45, 7) is 4.00. The van der Waals surface area contributed by atoms with Crippen LogP contribution in [0.2, 0.25) is 0 Å². The highest BCUT2D eigenvalue weighted by molar-refractivity contribution is 7.52. The number of carbonyl (C=O) groups excluding carboxylic acids is 1. The Kier molecular flexibility index (Phi) is 9.89. The molecule has 1 saturated heterocycles. The molecule has 1 aliphatic rings. The number of halogens is 2. The molecule has 18 heteroatoms. The van der Waals surface area contributed by atoms with Crippen LogP contribution < -0.4 is 15.2 Å². The molecule has 0 amide bonds. The molecule has 6 atom stereocenters. The predicted octanol–water partition coefficient (Wildman–Crippen LogP) is 2.64. The molecule has 43 heavy (non-hydrogen) atoms. The maximum atomic E-state index is 15.8. The minimum absolute atomic E-state index is 0.0967. The minimum atomic E-state index is -4.37. The number of para-hydroxylation sites is 1. The second kappa shape index (κ2) is 13.1. The molecule has 1 aliphatic heterocycles. The van der Waals surface area contributed by atoms with Gasteiger partial charge in [0.1, 0.15) is 24.0 Å². The van der Waals surface area contributed by atoms with Gasteiger partial charge in [-0.2, -0.15) is 10.1 Å². The van der Waals surface area contributed by atoms with Crippen molar-refractivity contribution >= 4 is 48.8 Å². The Hall–Kier alpha value is -3.40. The van der Waals surface area contributed by atoms with Crippen molar-refractivity contribution in [2.75, 3.05) is 20.7 Å². The molecule has 3 aromatic rings. The summed E-state index contributed by atoms with van der Waals surface area (Å²) in [5.74, 6) is -0.680. The average molecular weight is 644 g/mol. The Balaban J connectivity index is 1.58. The van der Waals surface area contributed by atoms with Gasteiger partial charge < -0.3 is 24.0 Å². The molecular formula is C25H32ClFN7O8P. The topological polar surface area (TPSA) is 182 Å². The molecule has 0 saturated carbocycles. The number of fused-ring (bicyclic) bond motifs is 1. The number of imidazole rings is 1. The third kappa shape index (κ3) is 7.58. The number of hydrogen-bond donors (Lipinski definition) is 3. The summed E-state index contributed by atoms with van der Waals surface area (Å²) in [6.07, 6.45) is -3.22. The number of nitrogens with zero attached hydrogens (tertiary/aromatic N) is 5. The number of nitrogens with one attached hydrogen (secondary N) is 2. The number of alkyl halides is 2. The number of aromatic nitrogens is 4. The van der Waals surface area contributed by atoms with Gasteiger partial charge in [0.05, 0.1) is 25.4 Å². The Labute approximate surface area is 250 Å². The van der Waals surface area contributed by atoms with Gasteiger partial charge in [0.2, 0.25) is 5.95 Å². The van der Waals surface area contributed by atoms with Crippen molar-refractivity contribution in [3.63, 3.8) is 0 Å². The molecule has 0 radical (unpaired) electrons. The molecule has 1 fully saturated rings. The molecule has 0 bridgehead atoms. The van der Waals surface area contributed by atoms with E-state index in [1.54, 1.807) is 51.0 Å². The first-order chi connectivity index (χ1) is 20.2. The Bertz CT molecular complexity index is 1570. The number of aliphatic hydroxyl groups is 1. The van der Waals surface area contributed by atoms with Crippen LogP contribution in [0.4, 0.5) is 10.3 Å². The van der Waals surface area contributed by atoms with Gasteiger partial charge in [0.25, 0.3) is 10.7 Å². The summed E-state index contributed by atoms with van der Waals surface area (Å²) < 4.78 is 52.6. The lowest BCUT2D eigenvalue weighted by Gasteiger charge is -2.25. The quantitative estimate of drug-likeness (QED) is 0.0864. The van der Waals surface area contributed by atoms with E-state index >= 15 is 4.39 Å². The fraction of sp³-hybridized carbons (Fsp3) is 0.480. The van der Waals surface area contributed by atoms with E-state index in [9.17, 15) is 19.3 Å². The van der Waals surface area contributed by atoms with Crippen LogP contribution in [-0.2, 0) is 23.4 Å². The van der Waals surface area contributed by atoms with Gasteiger partial charge in [0.15, 0.2) is 17.4 Å². The number of benzene rings is 1. The van der Waals surface area contributed by atoms with Gasteiger partial charge in [-0.15, -0.1) is 0 Å². The molecule has 234 valence electrons. The number of aliphatic imine (C=N–C) groups is 1. The normalized spacial score (nSPS) is 24.3. The highest BCUT2D eigenvalue weighted by Crippen LogP contribution is 2.49. The maximum Gasteiger partial charge on any atom is 0.459 e. The number of aliphatic hydroxyl groups excluding tert-OH is 1. The molecule has 2 aromatic heterocycles. The van der Waals surface area contributed by atoms with Crippen molar-refractivity contribution in [1.29, 1.82) is 0 Å². The lowest BCUT2D eigenvalue weighted by molar-refractivity contribution is -0.149. The average Bonchev–Trinajstić information content (AvgIpc) is 3.44. The van der Waals surface area contributed by atoms with Crippen LogP contribution in [0.3, 0.4) is 0 Å². The first kappa shape index (κ1) is 32.5. The summed E-state index contributed by atoms with van der Waals surface area (Å²) in [6, 6.07) is 6.83. The zero-order valence-corrected chi connectivity index (χ0v) is 25.5. The lowest BCUT2D eigenvalue weighted by atomic mass is 10.1. The summed E-state index contributed by atoms with van der Waals surface area (Å²) in [5.41, 5.74) is -0.920. The van der Waals surface area contributed by atoms with Crippen molar-refractivity contribution in [3.8, 4) is 5.75 Å². The fourth-order valence-corrected chi connectivity index (χ4v) is 5.73. The summed E-state index contributed by atoms with van der Waals surface area (Å²) in [5, 5.41) is 10.3. The fourth-order valence-electron chi connectivity index (χ4n) is 3.93. The van der Waals surface area contributed by atoms with E-state index in [-0.39, 0.29) is 22.9 Å².